The van der Waals surface area contributed by atoms with Crippen LogP contribution in [0.25, 0.3) is 0 Å². The smallest absolute Gasteiger partial charge is 0.426 e. The van der Waals surface area contributed by atoms with Gasteiger partial charge in [-0.2, -0.15) is 5.26 Å². The van der Waals surface area contributed by atoms with Crippen molar-refractivity contribution in [1.29, 1.82) is 5.26 Å². The van der Waals surface area contributed by atoms with Crippen molar-refractivity contribution in [1.82, 2.24) is 15.5 Å². The van der Waals surface area contributed by atoms with Crippen LogP contribution in [0, 0.1) is 23.7 Å². The Morgan fingerprint density at radius 2 is 1.97 bits per heavy atom. The van der Waals surface area contributed by atoms with Gasteiger partial charge in [-0.1, -0.05) is 56.7 Å². The minimum absolute atomic E-state index is 0.107. The van der Waals surface area contributed by atoms with Gasteiger partial charge in [-0.05, 0) is 37.2 Å². The Hall–Kier alpha value is -2.83. The molecule has 2 rings (SSSR count). The quantitative estimate of drug-likeness (QED) is 0.292. The molecule has 2 atom stereocenters. The summed E-state index contributed by atoms with van der Waals surface area (Å²) in [6.45, 7) is 8.48. The Morgan fingerprint density at radius 3 is 2.53 bits per heavy atom. The van der Waals surface area contributed by atoms with E-state index in [4.69, 9.17) is 0 Å². The number of carbonyl (C=O) groups is 2. The number of rotatable bonds is 7. The zero-order valence-corrected chi connectivity index (χ0v) is 19.3. The van der Waals surface area contributed by atoms with Crippen molar-refractivity contribution in [2.75, 3.05) is 13.1 Å². The van der Waals surface area contributed by atoms with Crippen LogP contribution in [0.5, 0.6) is 0 Å². The Bertz CT molecular complexity index is 871. The highest BCUT2D eigenvalue weighted by molar-refractivity contribution is 6.43. The highest BCUT2D eigenvalue weighted by Crippen LogP contribution is 2.23. The van der Waals surface area contributed by atoms with Gasteiger partial charge in [0.2, 0.25) is 0 Å². The first kappa shape index (κ1) is 25.4. The molecule has 9 heteroatoms. The molecule has 1 aromatic rings. The van der Waals surface area contributed by atoms with E-state index in [2.05, 4.69) is 10.6 Å². The molecule has 1 saturated heterocycles. The van der Waals surface area contributed by atoms with Gasteiger partial charge in [0.1, 0.15) is 11.6 Å². The summed E-state index contributed by atoms with van der Waals surface area (Å²) in [7, 11) is -1.72. The third-order valence-electron chi connectivity index (χ3n) is 5.32. The maximum absolute atomic E-state index is 12.8. The van der Waals surface area contributed by atoms with E-state index in [1.54, 1.807) is 11.0 Å². The molecule has 172 valence electrons. The van der Waals surface area contributed by atoms with E-state index >= 15 is 0 Å². The van der Waals surface area contributed by atoms with E-state index in [1.807, 2.05) is 58.0 Å². The average molecular weight is 440 g/mol. The van der Waals surface area contributed by atoms with Crippen LogP contribution in [0.3, 0.4) is 0 Å². The number of carbonyl (C=O) groups excluding carboxylic acids is 2. The Balaban J connectivity index is 1.95. The zero-order valence-electron chi connectivity index (χ0n) is 19.3. The van der Waals surface area contributed by atoms with Crippen LogP contribution in [-0.2, 0) is 11.2 Å². The van der Waals surface area contributed by atoms with Crippen molar-refractivity contribution in [2.45, 2.75) is 58.9 Å². The third kappa shape index (κ3) is 7.70. The molecule has 1 fully saturated rings. The summed E-state index contributed by atoms with van der Waals surface area (Å²) in [4.78, 5) is 26.9. The summed E-state index contributed by atoms with van der Waals surface area (Å²) in [5.74, 6) is -1.20. The number of aryl methyl sites for hydroxylation is 1. The number of nitrogens with zero attached hydrogens (tertiary/aromatic N) is 2. The first-order valence-electron chi connectivity index (χ1n) is 10.9. The number of allylic oxidation sites excluding steroid dienone is 1. The lowest BCUT2D eigenvalue weighted by Gasteiger charge is -2.26. The standard InChI is InChI=1S/C23H33BN4O4/c1-16-7-9-17(10-8-16)12-20(24(31)32)27-22(30)26-15-19-6-5-11-28(19)21(29)18(14-25)13-23(2,3)4/h7-10,13,19-20,31-32H,5-6,11-12,15H2,1-4H3,(H2,26,27,30)/t19-,20?/m1/s1. The Kier molecular flexibility index (Phi) is 8.87. The van der Waals surface area contributed by atoms with Gasteiger partial charge in [-0.15, -0.1) is 0 Å². The number of nitrogens with one attached hydrogen (secondary N) is 2. The van der Waals surface area contributed by atoms with Crippen LogP contribution in [-0.4, -0.2) is 59.1 Å². The molecule has 1 aliphatic heterocycles. The number of urea groups is 1. The predicted molar refractivity (Wildman–Crippen MR) is 123 cm³/mol. The molecule has 1 heterocycles. The van der Waals surface area contributed by atoms with Crippen molar-refractivity contribution < 1.29 is 19.6 Å². The van der Waals surface area contributed by atoms with Gasteiger partial charge < -0.3 is 25.6 Å². The van der Waals surface area contributed by atoms with Gasteiger partial charge in [0.15, 0.2) is 0 Å². The topological polar surface area (TPSA) is 126 Å². The van der Waals surface area contributed by atoms with E-state index in [9.17, 15) is 24.9 Å². The summed E-state index contributed by atoms with van der Waals surface area (Å²) < 4.78 is 0. The molecule has 1 aromatic carbocycles. The molecular weight excluding hydrogens is 407 g/mol. The van der Waals surface area contributed by atoms with Crippen molar-refractivity contribution in [3.8, 4) is 6.07 Å². The van der Waals surface area contributed by atoms with E-state index in [-0.39, 0.29) is 35.9 Å². The predicted octanol–water partition coefficient (Wildman–Crippen LogP) is 1.70. The lowest BCUT2D eigenvalue weighted by Crippen LogP contribution is -2.53. The number of benzene rings is 1. The number of likely N-dealkylation sites (tertiary alicyclic amines) is 1. The van der Waals surface area contributed by atoms with Crippen LogP contribution >= 0.6 is 0 Å². The third-order valence-corrected chi connectivity index (χ3v) is 5.32. The van der Waals surface area contributed by atoms with Gasteiger partial charge in [0.05, 0.1) is 5.94 Å². The summed E-state index contributed by atoms with van der Waals surface area (Å²) in [5, 5.41) is 34.1. The summed E-state index contributed by atoms with van der Waals surface area (Å²) >= 11 is 0. The Labute approximate surface area is 190 Å². The van der Waals surface area contributed by atoms with Crippen LogP contribution in [0.4, 0.5) is 4.79 Å². The second kappa shape index (κ2) is 11.2. The lowest BCUT2D eigenvalue weighted by molar-refractivity contribution is -0.127. The van der Waals surface area contributed by atoms with Crippen LogP contribution in [0.1, 0.15) is 44.7 Å². The van der Waals surface area contributed by atoms with Crippen molar-refractivity contribution in [2.24, 2.45) is 5.41 Å². The highest BCUT2D eigenvalue weighted by Gasteiger charge is 2.32. The van der Waals surface area contributed by atoms with Crippen LogP contribution in [0.15, 0.2) is 35.9 Å². The van der Waals surface area contributed by atoms with Crippen molar-refractivity contribution in [3.63, 3.8) is 0 Å². The molecular formula is C23H33BN4O4. The molecule has 0 aliphatic carbocycles. The van der Waals surface area contributed by atoms with Gasteiger partial charge >= 0.3 is 13.1 Å². The number of hydrogen-bond donors (Lipinski definition) is 4. The zero-order chi connectivity index (χ0) is 23.9. The van der Waals surface area contributed by atoms with E-state index in [0.29, 0.717) is 6.54 Å². The van der Waals surface area contributed by atoms with Gasteiger partial charge in [-0.3, -0.25) is 4.79 Å². The fourth-order valence-electron chi connectivity index (χ4n) is 3.68. The van der Waals surface area contributed by atoms with E-state index < -0.39 is 19.1 Å². The second-order valence-electron chi connectivity index (χ2n) is 9.39. The molecule has 0 spiro atoms. The van der Waals surface area contributed by atoms with E-state index in [0.717, 1.165) is 24.0 Å². The molecule has 8 nitrogen and oxygen atoms in total. The summed E-state index contributed by atoms with van der Waals surface area (Å²) in [5.41, 5.74) is 1.77. The van der Waals surface area contributed by atoms with Crippen molar-refractivity contribution >= 4 is 19.1 Å². The molecule has 3 amide bonds. The molecule has 4 N–H and O–H groups in total. The maximum atomic E-state index is 12.8. The highest BCUT2D eigenvalue weighted by atomic mass is 16.4. The fourth-order valence-corrected chi connectivity index (χ4v) is 3.68. The normalized spacial score (nSPS) is 17.5. The lowest BCUT2D eigenvalue weighted by atomic mass is 9.76. The second-order valence-corrected chi connectivity index (χ2v) is 9.39. The SMILES string of the molecule is Cc1ccc(CC(NC(=O)NC[C@H]2CCCN2C(=O)C(C#N)=CC(C)(C)C)B(O)O)cc1. The fraction of sp³-hybridized carbons (Fsp3) is 0.522. The maximum Gasteiger partial charge on any atom is 0.475 e. The molecule has 0 saturated carbocycles. The number of hydrogen-bond acceptors (Lipinski definition) is 5. The van der Waals surface area contributed by atoms with Gasteiger partial charge in [0, 0.05) is 19.1 Å². The Morgan fingerprint density at radius 1 is 1.31 bits per heavy atom. The molecule has 1 unspecified atom stereocenters. The minimum atomic E-state index is -1.72. The monoisotopic (exact) mass is 440 g/mol. The first-order chi connectivity index (χ1) is 15.0. The van der Waals surface area contributed by atoms with Crippen LogP contribution in [0.2, 0.25) is 0 Å². The number of nitriles is 1. The van der Waals surface area contributed by atoms with Crippen LogP contribution < -0.4 is 10.6 Å². The largest absolute Gasteiger partial charge is 0.475 e. The summed E-state index contributed by atoms with van der Waals surface area (Å²) in [6, 6.07) is 8.84. The molecule has 0 radical (unpaired) electrons. The minimum Gasteiger partial charge on any atom is -0.426 e. The molecule has 0 bridgehead atoms. The van der Waals surface area contributed by atoms with Crippen molar-refractivity contribution in [3.05, 3.63) is 47.0 Å². The molecule has 0 aromatic heterocycles. The van der Waals surface area contributed by atoms with Gasteiger partial charge in [0.25, 0.3) is 5.91 Å². The van der Waals surface area contributed by atoms with Gasteiger partial charge in [-0.25, -0.2) is 4.79 Å². The first-order valence-corrected chi connectivity index (χ1v) is 10.9. The van der Waals surface area contributed by atoms with E-state index in [1.165, 1.54) is 0 Å². The number of amides is 3. The average Bonchev–Trinajstić information content (AvgIpc) is 3.19. The summed E-state index contributed by atoms with van der Waals surface area (Å²) in [6.07, 6.45) is 3.45. The molecule has 1 aliphatic rings. The molecule has 32 heavy (non-hydrogen) atoms.